The second-order valence-corrected chi connectivity index (χ2v) is 2.60. The Kier molecular flexibility index (Phi) is 20.0. The fraction of sp³-hybridized carbons (Fsp3) is 0. The van der Waals surface area contributed by atoms with Crippen LogP contribution in [0.25, 0.3) is 0 Å². The second-order valence-electron chi connectivity index (χ2n) is 0.289. The van der Waals surface area contributed by atoms with Gasteiger partial charge in [-0.25, -0.2) is 0 Å². The summed E-state index contributed by atoms with van der Waals surface area (Å²) < 4.78 is 0. The van der Waals surface area contributed by atoms with Gasteiger partial charge in [-0.2, -0.15) is 0 Å². The zero-order valence-corrected chi connectivity index (χ0v) is 6.53. The first-order valence-corrected chi connectivity index (χ1v) is 7.23. The van der Waals surface area contributed by atoms with E-state index in [1.54, 1.807) is 0 Å². The van der Waals surface area contributed by atoms with E-state index in [2.05, 4.69) is 0 Å². The molecule has 4 heteroatoms. The maximum atomic E-state index is 9.13. The Labute approximate surface area is 43.1 Å². The van der Waals surface area contributed by atoms with Crippen molar-refractivity contribution in [3.8, 4) is 0 Å². The average Bonchev–Trinajstić information content (AvgIpc) is 0.918. The van der Waals surface area contributed by atoms with Gasteiger partial charge in [-0.15, -0.1) is 0 Å². The third-order valence-corrected chi connectivity index (χ3v) is 0. The maximum Gasteiger partial charge on any atom is 1.00 e. The molecule has 0 heterocycles. The first-order valence-electron chi connectivity index (χ1n) is 0.996. The predicted molar refractivity (Wildman–Crippen MR) is 18.5 cm³/mol. The van der Waals surface area contributed by atoms with Crippen molar-refractivity contribution in [1.82, 2.24) is 0 Å². The summed E-state index contributed by atoms with van der Waals surface area (Å²) in [7, 11) is 0.258. The van der Waals surface area contributed by atoms with Crippen molar-refractivity contribution < 1.29 is 23.7 Å². The van der Waals surface area contributed by atoms with E-state index in [4.69, 9.17) is 4.80 Å². The SMILES string of the molecule is [Li+].[O-][SiH2][SiH3]. The largest absolute Gasteiger partial charge is 1.00 e. The van der Waals surface area contributed by atoms with Gasteiger partial charge in [-0.3, -0.25) is 0 Å². The van der Waals surface area contributed by atoms with Crippen LogP contribution in [0.3, 0.4) is 0 Å². The molecule has 0 fully saturated rings. The smallest absolute Gasteiger partial charge is 0.865 e. The maximum absolute atomic E-state index is 9.13. The van der Waals surface area contributed by atoms with E-state index in [-0.39, 0.29) is 18.9 Å². The molecule has 0 aliphatic heterocycles. The Hall–Kier alpha value is 0.991. The van der Waals surface area contributed by atoms with Gasteiger partial charge in [0.2, 0.25) is 0 Å². The molecule has 0 saturated heterocycles. The number of rotatable bonds is 0. The van der Waals surface area contributed by atoms with Crippen LogP contribution in [0.2, 0.25) is 0 Å². The van der Waals surface area contributed by atoms with E-state index in [0.29, 0.717) is 0 Å². The Morgan fingerprint density at radius 3 is 1.75 bits per heavy atom. The van der Waals surface area contributed by atoms with Crippen LogP contribution in [-0.2, 0) is 0 Å². The van der Waals surface area contributed by atoms with Gasteiger partial charge in [-0.05, 0) is 9.76 Å². The van der Waals surface area contributed by atoms with Gasteiger partial charge in [0.15, 0.2) is 0 Å². The molecule has 0 aromatic rings. The van der Waals surface area contributed by atoms with E-state index in [0.717, 1.165) is 9.76 Å². The molecule has 1 nitrogen and oxygen atoms in total. The van der Waals surface area contributed by atoms with Crippen LogP contribution in [0, 0.1) is 0 Å². The van der Waals surface area contributed by atoms with Crippen LogP contribution in [0.1, 0.15) is 0 Å². The summed E-state index contributed by atoms with van der Waals surface area (Å²) in [6.07, 6.45) is 0. The van der Waals surface area contributed by atoms with E-state index in [1.165, 1.54) is 0 Å². The molecule has 0 spiro atoms. The van der Waals surface area contributed by atoms with Crippen LogP contribution in [0.15, 0.2) is 0 Å². The zero-order valence-electron chi connectivity index (χ0n) is 3.12. The fourth-order valence-corrected chi connectivity index (χ4v) is 0. The minimum atomic E-state index is -0.694. The van der Waals surface area contributed by atoms with Crippen molar-refractivity contribution in [2.75, 3.05) is 0 Å². The van der Waals surface area contributed by atoms with Gasteiger partial charge in [0.25, 0.3) is 0 Å². The van der Waals surface area contributed by atoms with Gasteiger partial charge < -0.3 is 4.80 Å². The van der Waals surface area contributed by atoms with Crippen molar-refractivity contribution in [2.45, 2.75) is 0 Å². The summed E-state index contributed by atoms with van der Waals surface area (Å²) in [6.45, 7) is 0. The first-order chi connectivity index (χ1) is 1.41. The number of hydrogen-bond donors (Lipinski definition) is 0. The van der Waals surface area contributed by atoms with E-state index in [1.807, 2.05) is 0 Å². The van der Waals surface area contributed by atoms with Crippen LogP contribution in [0.5, 0.6) is 0 Å². The Morgan fingerprint density at radius 1 is 1.75 bits per heavy atom. The van der Waals surface area contributed by atoms with Crippen LogP contribution < -0.4 is 23.7 Å². The third kappa shape index (κ3) is 12.1. The monoisotopic (exact) mass is 84.0 g/mol. The topological polar surface area (TPSA) is 23.1 Å². The van der Waals surface area contributed by atoms with Gasteiger partial charge in [0, 0.05) is 0 Å². The van der Waals surface area contributed by atoms with Gasteiger partial charge >= 0.3 is 18.9 Å². The summed E-state index contributed by atoms with van der Waals surface area (Å²) in [4.78, 5) is 9.13. The van der Waals surface area contributed by atoms with Crippen molar-refractivity contribution in [1.29, 1.82) is 0 Å². The molecule has 0 aromatic heterocycles. The molecular formula is H5LiOSi2. The molecule has 0 unspecified atom stereocenters. The molecule has 0 rings (SSSR count). The molecule has 0 radical (unpaired) electrons. The summed E-state index contributed by atoms with van der Waals surface area (Å²) in [5.74, 6) is 0. The molecule has 0 saturated carbocycles. The van der Waals surface area contributed by atoms with Gasteiger partial charge in [0.05, 0.1) is 0 Å². The van der Waals surface area contributed by atoms with Gasteiger partial charge in [0.1, 0.15) is 0 Å². The molecular weight excluding hydrogens is 79.1 g/mol. The molecule has 0 amide bonds. The molecule has 0 atom stereocenters. The van der Waals surface area contributed by atoms with E-state index >= 15 is 0 Å². The Morgan fingerprint density at radius 2 is 1.75 bits per heavy atom. The van der Waals surface area contributed by atoms with E-state index < -0.39 is 9.28 Å². The fourth-order valence-electron chi connectivity index (χ4n) is 0. The Balaban J connectivity index is 0. The van der Waals surface area contributed by atoms with Crippen molar-refractivity contribution >= 4 is 19.0 Å². The molecule has 0 aliphatic rings. The summed E-state index contributed by atoms with van der Waals surface area (Å²) in [5.41, 5.74) is 0. The first kappa shape index (κ1) is 8.89. The van der Waals surface area contributed by atoms with E-state index in [9.17, 15) is 0 Å². The van der Waals surface area contributed by atoms with Crippen molar-refractivity contribution in [3.63, 3.8) is 0 Å². The second kappa shape index (κ2) is 9.01. The molecule has 4 heavy (non-hydrogen) atoms. The molecule has 0 bridgehead atoms. The summed E-state index contributed by atoms with van der Waals surface area (Å²) >= 11 is 0. The molecule has 0 N–H and O–H groups in total. The molecule has 0 aromatic carbocycles. The third-order valence-electron chi connectivity index (χ3n) is 0. The average molecular weight is 84.2 g/mol. The zero-order chi connectivity index (χ0) is 2.71. The number of hydrogen-bond acceptors (Lipinski definition) is 1. The Bertz CT molecular complexity index is 6.00. The van der Waals surface area contributed by atoms with Crippen LogP contribution in [-0.4, -0.2) is 19.0 Å². The minimum Gasteiger partial charge on any atom is -0.865 e. The van der Waals surface area contributed by atoms with Crippen LogP contribution in [0.4, 0.5) is 0 Å². The summed E-state index contributed by atoms with van der Waals surface area (Å²) in [5, 5.41) is 0. The van der Waals surface area contributed by atoms with Crippen molar-refractivity contribution in [2.24, 2.45) is 0 Å². The molecule has 20 valence electrons. The summed E-state index contributed by atoms with van der Waals surface area (Å²) in [6, 6.07) is 0. The standard InChI is InChI=1S/Li.H5OSi2/c;1-3-2/h;3H2,2H3/q+1;-1. The normalized spacial score (nSPS) is 8.25. The van der Waals surface area contributed by atoms with Crippen LogP contribution >= 0.6 is 0 Å². The minimum absolute atomic E-state index is 0. The molecule has 0 aliphatic carbocycles. The van der Waals surface area contributed by atoms with Crippen molar-refractivity contribution in [3.05, 3.63) is 0 Å². The predicted octanol–water partition coefficient (Wildman–Crippen LogP) is -6.29. The van der Waals surface area contributed by atoms with Gasteiger partial charge in [-0.1, -0.05) is 9.28 Å². The quantitative estimate of drug-likeness (QED) is 0.268.